The van der Waals surface area contributed by atoms with Gasteiger partial charge in [0.05, 0.1) is 16.7 Å². The van der Waals surface area contributed by atoms with Crippen LogP contribution >= 0.6 is 0 Å². The number of amides is 3. The lowest BCUT2D eigenvalue weighted by molar-refractivity contribution is -0.123. The maximum absolute atomic E-state index is 12.2. The highest BCUT2D eigenvalue weighted by molar-refractivity contribution is 6.11. The van der Waals surface area contributed by atoms with E-state index >= 15 is 0 Å². The Hall–Kier alpha value is -2.41. The van der Waals surface area contributed by atoms with Crippen LogP contribution in [0.3, 0.4) is 0 Å². The Labute approximate surface area is 128 Å². The highest BCUT2D eigenvalue weighted by atomic mass is 16.2. The Bertz CT molecular complexity index is 787. The molecule has 0 unspecified atom stereocenters. The molecule has 0 aromatic carbocycles. The third kappa shape index (κ3) is 2.14. The van der Waals surface area contributed by atoms with Gasteiger partial charge in [-0.1, -0.05) is 0 Å². The zero-order valence-electron chi connectivity index (χ0n) is 13.1. The van der Waals surface area contributed by atoms with Crippen molar-refractivity contribution in [3.8, 4) is 0 Å². The number of rotatable bonds is 2. The molecule has 2 aromatic heterocycles. The van der Waals surface area contributed by atoms with Crippen molar-refractivity contribution in [1.82, 2.24) is 14.5 Å². The maximum atomic E-state index is 12.2. The Morgan fingerprint density at radius 3 is 2.45 bits per heavy atom. The summed E-state index contributed by atoms with van der Waals surface area (Å²) in [5.41, 5.74) is 8.09. The molecule has 0 bridgehead atoms. The van der Waals surface area contributed by atoms with Crippen LogP contribution in [0.2, 0.25) is 0 Å². The highest BCUT2D eigenvalue weighted by Crippen LogP contribution is 2.26. The molecule has 1 aliphatic rings. The number of anilines is 1. The fourth-order valence-electron chi connectivity index (χ4n) is 2.50. The van der Waals surface area contributed by atoms with Crippen LogP contribution in [-0.4, -0.2) is 40.0 Å². The first-order valence-electron chi connectivity index (χ1n) is 7.06. The summed E-state index contributed by atoms with van der Waals surface area (Å²) in [5.74, 6) is 0.347. The number of aryl methyl sites for hydroxylation is 1. The van der Waals surface area contributed by atoms with E-state index in [-0.39, 0.29) is 18.5 Å². The van der Waals surface area contributed by atoms with Gasteiger partial charge in [-0.3, -0.25) is 14.6 Å². The predicted molar refractivity (Wildman–Crippen MR) is 82.7 cm³/mol. The van der Waals surface area contributed by atoms with Crippen LogP contribution in [0.1, 0.15) is 25.1 Å². The summed E-state index contributed by atoms with van der Waals surface area (Å²) in [6.45, 7) is 5.71. The van der Waals surface area contributed by atoms with Gasteiger partial charge in [-0.05, 0) is 44.5 Å². The number of likely N-dealkylation sites (N-methyl/N-ethyl adjacent to an activating group) is 1. The lowest BCUT2D eigenvalue weighted by Gasteiger charge is -2.17. The third-order valence-electron chi connectivity index (χ3n) is 3.81. The molecule has 3 amide bonds. The van der Waals surface area contributed by atoms with E-state index in [0.717, 1.165) is 21.7 Å². The fourth-order valence-corrected chi connectivity index (χ4v) is 2.50. The average Bonchev–Trinajstić information content (AvgIpc) is 2.94. The molecule has 1 saturated heterocycles. The fraction of sp³-hybridized carbons (Fsp3) is 0.400. The zero-order valence-corrected chi connectivity index (χ0v) is 13.1. The SMILES string of the molecule is Cc1cc(N2CC(=O)N(C)C2=O)n2nc(C(C)(C)N)cc2c1. The second-order valence-corrected chi connectivity index (χ2v) is 6.30. The summed E-state index contributed by atoms with van der Waals surface area (Å²) in [4.78, 5) is 26.6. The lowest BCUT2D eigenvalue weighted by atomic mass is 10.0. The van der Waals surface area contributed by atoms with Crippen LogP contribution < -0.4 is 10.6 Å². The number of imide groups is 1. The molecule has 0 radical (unpaired) electrons. The van der Waals surface area contributed by atoms with Crippen LogP contribution in [0.4, 0.5) is 10.6 Å². The monoisotopic (exact) mass is 301 g/mol. The van der Waals surface area contributed by atoms with E-state index in [1.807, 2.05) is 39.0 Å². The summed E-state index contributed by atoms with van der Waals surface area (Å²) in [6, 6.07) is 5.37. The molecule has 0 aliphatic carbocycles. The first-order valence-corrected chi connectivity index (χ1v) is 7.06. The van der Waals surface area contributed by atoms with Crippen LogP contribution in [0.5, 0.6) is 0 Å². The van der Waals surface area contributed by atoms with Crippen molar-refractivity contribution >= 4 is 23.3 Å². The van der Waals surface area contributed by atoms with Gasteiger partial charge in [0.15, 0.2) is 0 Å². The largest absolute Gasteiger partial charge is 0.332 e. The summed E-state index contributed by atoms with van der Waals surface area (Å²) < 4.78 is 1.67. The zero-order chi connectivity index (χ0) is 16.2. The maximum Gasteiger partial charge on any atom is 0.332 e. The minimum absolute atomic E-state index is 0.0229. The number of hydrogen-bond acceptors (Lipinski definition) is 4. The molecule has 0 saturated carbocycles. The molecule has 2 N–H and O–H groups in total. The first kappa shape index (κ1) is 14.5. The Kier molecular flexibility index (Phi) is 3.00. The Morgan fingerprint density at radius 1 is 1.23 bits per heavy atom. The van der Waals surface area contributed by atoms with E-state index in [2.05, 4.69) is 5.10 Å². The van der Waals surface area contributed by atoms with Crippen LogP contribution in [0, 0.1) is 6.92 Å². The number of nitrogens with two attached hydrogens (primary N) is 1. The molecule has 2 aromatic rings. The molecular formula is C15H19N5O2. The van der Waals surface area contributed by atoms with Crippen molar-refractivity contribution in [3.05, 3.63) is 29.5 Å². The van der Waals surface area contributed by atoms with Crippen molar-refractivity contribution in [2.24, 2.45) is 5.73 Å². The molecule has 1 fully saturated rings. The molecule has 116 valence electrons. The molecule has 3 rings (SSSR count). The van der Waals surface area contributed by atoms with Gasteiger partial charge in [-0.25, -0.2) is 9.31 Å². The summed E-state index contributed by atoms with van der Waals surface area (Å²) >= 11 is 0. The van der Waals surface area contributed by atoms with E-state index in [4.69, 9.17) is 5.73 Å². The van der Waals surface area contributed by atoms with Gasteiger partial charge in [0.2, 0.25) is 0 Å². The second-order valence-electron chi connectivity index (χ2n) is 6.30. The first-order chi connectivity index (χ1) is 10.2. The van der Waals surface area contributed by atoms with Gasteiger partial charge in [0, 0.05) is 7.05 Å². The lowest BCUT2D eigenvalue weighted by Crippen LogP contribution is -2.31. The van der Waals surface area contributed by atoms with Crippen molar-refractivity contribution in [1.29, 1.82) is 0 Å². The van der Waals surface area contributed by atoms with E-state index in [9.17, 15) is 9.59 Å². The molecule has 7 nitrogen and oxygen atoms in total. The quantitative estimate of drug-likeness (QED) is 0.846. The van der Waals surface area contributed by atoms with Gasteiger partial charge >= 0.3 is 6.03 Å². The molecule has 22 heavy (non-hydrogen) atoms. The topological polar surface area (TPSA) is 83.9 Å². The number of fused-ring (bicyclic) bond motifs is 1. The molecule has 3 heterocycles. The Morgan fingerprint density at radius 2 is 1.91 bits per heavy atom. The smallest absolute Gasteiger partial charge is 0.321 e. The number of nitrogens with zero attached hydrogens (tertiary/aromatic N) is 4. The molecular weight excluding hydrogens is 282 g/mol. The van der Waals surface area contributed by atoms with Crippen LogP contribution in [0.25, 0.3) is 5.52 Å². The van der Waals surface area contributed by atoms with Gasteiger partial charge < -0.3 is 5.73 Å². The third-order valence-corrected chi connectivity index (χ3v) is 3.81. The number of urea groups is 1. The standard InChI is InChI=1S/C15H19N5O2/c1-9-5-10-7-11(15(2,3)16)17-20(10)12(6-9)19-8-13(21)18(4)14(19)22/h5-7H,8,16H2,1-4H3. The molecule has 7 heteroatoms. The number of carbonyl (C=O) groups is 2. The second kappa shape index (κ2) is 4.54. The number of hydrogen-bond donors (Lipinski definition) is 1. The van der Waals surface area contributed by atoms with E-state index < -0.39 is 5.54 Å². The van der Waals surface area contributed by atoms with Crippen molar-refractivity contribution < 1.29 is 9.59 Å². The van der Waals surface area contributed by atoms with Crippen LogP contribution in [-0.2, 0) is 10.3 Å². The Balaban J connectivity index is 2.19. The van der Waals surface area contributed by atoms with Gasteiger partial charge in [-0.15, -0.1) is 0 Å². The summed E-state index contributed by atoms with van der Waals surface area (Å²) in [6.07, 6.45) is 0. The van der Waals surface area contributed by atoms with Gasteiger partial charge in [0.1, 0.15) is 12.4 Å². The van der Waals surface area contributed by atoms with Crippen molar-refractivity contribution in [3.63, 3.8) is 0 Å². The van der Waals surface area contributed by atoms with Gasteiger partial charge in [0.25, 0.3) is 5.91 Å². The van der Waals surface area contributed by atoms with E-state index in [1.165, 1.54) is 11.9 Å². The van der Waals surface area contributed by atoms with E-state index in [0.29, 0.717) is 5.82 Å². The highest BCUT2D eigenvalue weighted by Gasteiger charge is 2.35. The van der Waals surface area contributed by atoms with Crippen molar-refractivity contribution in [2.75, 3.05) is 18.5 Å². The number of pyridine rings is 1. The molecule has 1 aliphatic heterocycles. The number of aromatic nitrogens is 2. The van der Waals surface area contributed by atoms with Gasteiger partial charge in [-0.2, -0.15) is 5.10 Å². The predicted octanol–water partition coefficient (Wildman–Crippen LogP) is 1.23. The van der Waals surface area contributed by atoms with E-state index in [1.54, 1.807) is 4.52 Å². The molecule has 0 spiro atoms. The minimum Gasteiger partial charge on any atom is -0.321 e. The number of carbonyl (C=O) groups excluding carboxylic acids is 2. The summed E-state index contributed by atoms with van der Waals surface area (Å²) in [5, 5.41) is 4.52. The molecule has 0 atom stereocenters. The summed E-state index contributed by atoms with van der Waals surface area (Å²) in [7, 11) is 1.48. The normalized spacial score (nSPS) is 16.2. The van der Waals surface area contributed by atoms with Crippen molar-refractivity contribution in [2.45, 2.75) is 26.3 Å². The average molecular weight is 301 g/mol. The van der Waals surface area contributed by atoms with Crippen LogP contribution in [0.15, 0.2) is 18.2 Å². The minimum atomic E-state index is -0.584.